The smallest absolute Gasteiger partial charge is 0.0853 e. The van der Waals surface area contributed by atoms with Gasteiger partial charge in [-0.1, -0.05) is 49.4 Å². The van der Waals surface area contributed by atoms with E-state index in [9.17, 15) is 0 Å². The zero-order valence-electron chi connectivity index (χ0n) is 8.81. The van der Waals surface area contributed by atoms with Crippen molar-refractivity contribution in [3.63, 3.8) is 0 Å². The van der Waals surface area contributed by atoms with Crippen LogP contribution in [0.5, 0.6) is 0 Å². The molecule has 1 fully saturated rings. The van der Waals surface area contributed by atoms with Gasteiger partial charge in [-0.05, 0) is 12.0 Å². The highest BCUT2D eigenvalue weighted by molar-refractivity contribution is 9.03. The minimum Gasteiger partial charge on any atom is -0.109 e. The molecule has 0 unspecified atom stereocenters. The van der Waals surface area contributed by atoms with Gasteiger partial charge in [0.15, 0.2) is 0 Å². The summed E-state index contributed by atoms with van der Waals surface area (Å²) in [6, 6.07) is 8.80. The second-order valence-corrected chi connectivity index (χ2v) is 14.9. The van der Waals surface area contributed by atoms with Gasteiger partial charge in [0, 0.05) is 16.8 Å². The first-order valence-corrected chi connectivity index (χ1v) is 11.2. The molecule has 1 aromatic carbocycles. The lowest BCUT2D eigenvalue weighted by atomic mass is 10.1. The van der Waals surface area contributed by atoms with Gasteiger partial charge in [-0.3, -0.25) is 0 Å². The SMILES string of the molecule is CCCc1ccccc1P1(=S)SCCS1. The van der Waals surface area contributed by atoms with E-state index in [1.165, 1.54) is 35.2 Å². The Bertz CT molecular complexity index is 379. The van der Waals surface area contributed by atoms with Crippen molar-refractivity contribution in [3.8, 4) is 0 Å². The molecule has 0 bridgehead atoms. The van der Waals surface area contributed by atoms with Crippen molar-refractivity contribution < 1.29 is 0 Å². The van der Waals surface area contributed by atoms with Crippen LogP contribution in [0.3, 0.4) is 0 Å². The monoisotopic (exact) mass is 274 g/mol. The summed E-state index contributed by atoms with van der Waals surface area (Å²) in [7, 11) is 0. The third-order valence-electron chi connectivity index (χ3n) is 2.41. The summed E-state index contributed by atoms with van der Waals surface area (Å²) < 4.78 is -1.32. The largest absolute Gasteiger partial charge is 0.109 e. The number of rotatable bonds is 3. The highest BCUT2D eigenvalue weighted by Crippen LogP contribution is 2.72. The molecule has 1 aliphatic rings. The van der Waals surface area contributed by atoms with Crippen LogP contribution >= 0.6 is 27.2 Å². The van der Waals surface area contributed by atoms with E-state index in [0.29, 0.717) is 0 Å². The highest BCUT2D eigenvalue weighted by Gasteiger charge is 2.27. The quantitative estimate of drug-likeness (QED) is 0.763. The van der Waals surface area contributed by atoms with Gasteiger partial charge >= 0.3 is 0 Å². The van der Waals surface area contributed by atoms with E-state index in [4.69, 9.17) is 11.8 Å². The van der Waals surface area contributed by atoms with E-state index in [0.717, 1.165) is 0 Å². The van der Waals surface area contributed by atoms with Gasteiger partial charge in [0.25, 0.3) is 0 Å². The van der Waals surface area contributed by atoms with Crippen molar-refractivity contribution in [1.82, 2.24) is 0 Å². The molecule has 2 rings (SSSR count). The predicted molar refractivity (Wildman–Crippen MR) is 79.3 cm³/mol. The Labute approximate surface area is 105 Å². The van der Waals surface area contributed by atoms with Crippen molar-refractivity contribution in [3.05, 3.63) is 29.8 Å². The van der Waals surface area contributed by atoms with E-state index < -0.39 is 4.44 Å². The van der Waals surface area contributed by atoms with Crippen molar-refractivity contribution in [2.24, 2.45) is 0 Å². The fourth-order valence-corrected chi connectivity index (χ4v) is 12.8. The Morgan fingerprint density at radius 3 is 2.60 bits per heavy atom. The van der Waals surface area contributed by atoms with Crippen LogP contribution < -0.4 is 5.30 Å². The van der Waals surface area contributed by atoms with Crippen LogP contribution in [0.2, 0.25) is 0 Å². The minimum atomic E-state index is -1.32. The summed E-state index contributed by atoms with van der Waals surface area (Å²) in [5.74, 6) is 2.48. The summed E-state index contributed by atoms with van der Waals surface area (Å²) in [5, 5.41) is 1.48. The van der Waals surface area contributed by atoms with E-state index in [1.54, 1.807) is 0 Å². The first-order valence-electron chi connectivity index (χ1n) is 5.24. The summed E-state index contributed by atoms with van der Waals surface area (Å²) in [4.78, 5) is 0. The Hall–Kier alpha value is 0.570. The fraction of sp³-hybridized carbons (Fsp3) is 0.455. The summed E-state index contributed by atoms with van der Waals surface area (Å²) in [6.45, 7) is 2.24. The normalized spacial score (nSPS) is 19.3. The van der Waals surface area contributed by atoms with Gasteiger partial charge < -0.3 is 0 Å². The second kappa shape index (κ2) is 5.27. The number of benzene rings is 1. The number of hydrogen-bond donors (Lipinski definition) is 0. The Morgan fingerprint density at radius 1 is 1.27 bits per heavy atom. The Kier molecular flexibility index (Phi) is 4.23. The van der Waals surface area contributed by atoms with Gasteiger partial charge in [-0.25, -0.2) is 0 Å². The van der Waals surface area contributed by atoms with Gasteiger partial charge in [0.05, 0.1) is 4.44 Å². The third kappa shape index (κ3) is 2.63. The van der Waals surface area contributed by atoms with Crippen LogP contribution in [0, 0.1) is 0 Å². The van der Waals surface area contributed by atoms with Crippen LogP contribution in [-0.2, 0) is 18.2 Å². The molecule has 4 heteroatoms. The molecule has 0 nitrogen and oxygen atoms in total. The summed E-state index contributed by atoms with van der Waals surface area (Å²) >= 11 is 9.93. The van der Waals surface area contributed by atoms with E-state index in [1.807, 2.05) is 22.8 Å². The lowest BCUT2D eigenvalue weighted by molar-refractivity contribution is 0.927. The molecule has 1 saturated heterocycles. The first kappa shape index (κ1) is 12.0. The molecule has 0 aromatic heterocycles. The molecule has 0 N–H and O–H groups in total. The van der Waals surface area contributed by atoms with Crippen molar-refractivity contribution in [2.45, 2.75) is 19.8 Å². The summed E-state index contributed by atoms with van der Waals surface area (Å²) in [5.41, 5.74) is 1.49. The molecule has 1 aliphatic heterocycles. The zero-order chi connectivity index (χ0) is 10.7. The van der Waals surface area contributed by atoms with E-state index in [2.05, 4.69) is 31.2 Å². The molecule has 0 aliphatic carbocycles. The van der Waals surface area contributed by atoms with Crippen LogP contribution in [0.4, 0.5) is 0 Å². The summed E-state index contributed by atoms with van der Waals surface area (Å²) in [6.07, 6.45) is 2.39. The molecule has 0 atom stereocenters. The predicted octanol–water partition coefficient (Wildman–Crippen LogP) is 4.05. The molecule has 0 amide bonds. The molecule has 1 heterocycles. The van der Waals surface area contributed by atoms with Crippen molar-refractivity contribution in [1.29, 1.82) is 0 Å². The molecule has 82 valence electrons. The number of hydrogen-bond acceptors (Lipinski definition) is 3. The van der Waals surface area contributed by atoms with Crippen molar-refractivity contribution >= 4 is 44.3 Å². The molecule has 0 radical (unpaired) electrons. The van der Waals surface area contributed by atoms with Crippen LogP contribution in [0.15, 0.2) is 24.3 Å². The lowest BCUT2D eigenvalue weighted by Gasteiger charge is -2.17. The molecule has 1 aromatic rings. The average molecular weight is 274 g/mol. The van der Waals surface area contributed by atoms with E-state index in [-0.39, 0.29) is 0 Å². The van der Waals surface area contributed by atoms with Crippen LogP contribution in [-0.4, -0.2) is 11.5 Å². The second-order valence-electron chi connectivity index (χ2n) is 3.54. The average Bonchev–Trinajstić information content (AvgIpc) is 2.68. The van der Waals surface area contributed by atoms with E-state index >= 15 is 0 Å². The van der Waals surface area contributed by atoms with Crippen LogP contribution in [0.1, 0.15) is 18.9 Å². The maximum absolute atomic E-state index is 5.87. The van der Waals surface area contributed by atoms with Gasteiger partial charge in [0.1, 0.15) is 0 Å². The standard InChI is InChI=1S/C11H15PS3/c1-2-5-10-6-3-4-7-11(10)12(13)14-8-9-15-12/h3-4,6-7H,2,5,8-9H2,1H3. The maximum atomic E-state index is 5.87. The molecular weight excluding hydrogens is 259 g/mol. The maximum Gasteiger partial charge on any atom is 0.0853 e. The zero-order valence-corrected chi connectivity index (χ0v) is 12.2. The van der Waals surface area contributed by atoms with Gasteiger partial charge in [-0.15, -0.1) is 22.8 Å². The van der Waals surface area contributed by atoms with Gasteiger partial charge in [-0.2, -0.15) is 0 Å². The fourth-order valence-electron chi connectivity index (χ4n) is 1.75. The number of aryl methyl sites for hydroxylation is 1. The first-order chi connectivity index (χ1) is 7.26. The topological polar surface area (TPSA) is 0 Å². The molecular formula is C11H15PS3. The molecule has 0 saturated carbocycles. The Balaban J connectivity index is 2.38. The minimum absolute atomic E-state index is 1.18. The Morgan fingerprint density at radius 2 is 1.93 bits per heavy atom. The lowest BCUT2D eigenvalue weighted by Crippen LogP contribution is -2.06. The highest BCUT2D eigenvalue weighted by atomic mass is 33.2. The van der Waals surface area contributed by atoms with Gasteiger partial charge in [0.2, 0.25) is 0 Å². The van der Waals surface area contributed by atoms with Crippen molar-refractivity contribution in [2.75, 3.05) is 11.5 Å². The van der Waals surface area contributed by atoms with Crippen LogP contribution in [0.25, 0.3) is 0 Å². The molecule has 15 heavy (non-hydrogen) atoms. The third-order valence-corrected chi connectivity index (χ3v) is 13.8. The molecule has 0 spiro atoms.